The summed E-state index contributed by atoms with van der Waals surface area (Å²) < 4.78 is 0. The van der Waals surface area contributed by atoms with Crippen LogP contribution in [0.15, 0.2) is 214 Å². The third-order valence-electron chi connectivity index (χ3n) is 9.22. The van der Waals surface area contributed by atoms with E-state index in [1.807, 2.05) is 0 Å². The molecule has 0 fully saturated rings. The van der Waals surface area contributed by atoms with E-state index in [2.05, 4.69) is 181 Å². The topological polar surface area (TPSA) is 57.9 Å². The molecule has 5 aliphatic rings. The molecule has 4 aromatic rings. The Bertz CT molecular complexity index is 2160. The Kier molecular flexibility index (Phi) is 8.24. The molecule has 0 amide bonds. The molecule has 4 aromatic carbocycles. The molecule has 5 aliphatic heterocycles. The number of nitrogens with zero attached hydrogens (tertiary/aromatic N) is 2. The molecule has 0 spiro atoms. The van der Waals surface area contributed by atoms with E-state index < -0.39 is 0 Å². The minimum Gasteiger partial charge on any atom is -0.280 e. The second kappa shape index (κ2) is 13.1. The Morgan fingerprint density at radius 2 is 0.694 bits per heavy atom. The standard InChI is InChI=1S/C44H30N4.Zn/c1-5-13-29(14-6-1)41-33-21-23-35(45-33)42(30-15-7-2-8-16-30)37-25-27-39(47-37)44(32-19-11-4-12-20-32)40-28-26-38(48-40)43(31-17-9-3-10-18-31)36-24-22-34(41)46-36;/h1-28,45,48H;/q;+2/p+2. The summed E-state index contributed by atoms with van der Waals surface area (Å²) in [6.45, 7) is 0. The van der Waals surface area contributed by atoms with Crippen LogP contribution in [-0.4, -0.2) is 11.4 Å². The van der Waals surface area contributed by atoms with Crippen molar-refractivity contribution in [3.8, 4) is 0 Å². The molecule has 226 valence electrons. The number of hydrogen-bond acceptors (Lipinski definition) is 2. The summed E-state index contributed by atoms with van der Waals surface area (Å²) in [6, 6.07) is 42.4. The van der Waals surface area contributed by atoms with E-state index in [9.17, 15) is 0 Å². The van der Waals surface area contributed by atoms with Crippen molar-refractivity contribution in [3.63, 3.8) is 0 Å². The van der Waals surface area contributed by atoms with Crippen molar-refractivity contribution >= 4 is 33.7 Å². The molecule has 4 nitrogen and oxygen atoms in total. The smallest absolute Gasteiger partial charge is 0.280 e. The maximum Gasteiger partial charge on any atom is 2.00 e. The number of hydrogen-bond donors (Lipinski definition) is 2. The number of allylic oxidation sites excluding steroid dienone is 12. The van der Waals surface area contributed by atoms with Crippen LogP contribution in [0.25, 0.3) is 22.3 Å². The van der Waals surface area contributed by atoms with Crippen molar-refractivity contribution in [1.29, 1.82) is 0 Å². The van der Waals surface area contributed by atoms with Crippen molar-refractivity contribution in [1.82, 2.24) is 0 Å². The van der Waals surface area contributed by atoms with Gasteiger partial charge >= 0.3 is 19.5 Å². The monoisotopic (exact) mass is 680 g/mol. The van der Waals surface area contributed by atoms with Crippen LogP contribution >= 0.6 is 0 Å². The van der Waals surface area contributed by atoms with E-state index in [1.165, 1.54) is 0 Å². The number of fused-ring (bicyclic) bond motifs is 6. The van der Waals surface area contributed by atoms with Crippen LogP contribution in [0.4, 0.5) is 0 Å². The van der Waals surface area contributed by atoms with Gasteiger partial charge in [-0.15, -0.1) is 0 Å². The molecule has 0 aromatic heterocycles. The Morgan fingerprint density at radius 1 is 0.347 bits per heavy atom. The van der Waals surface area contributed by atoms with Gasteiger partial charge in [0.1, 0.15) is 22.8 Å². The summed E-state index contributed by atoms with van der Waals surface area (Å²) in [5, 5.41) is 4.59. The maximum atomic E-state index is 5.39. The Labute approximate surface area is 298 Å². The zero-order valence-corrected chi connectivity index (χ0v) is 29.9. The fourth-order valence-electron chi connectivity index (χ4n) is 7.06. The first-order valence-corrected chi connectivity index (χ1v) is 16.3. The number of benzene rings is 4. The second-order valence-corrected chi connectivity index (χ2v) is 12.2. The van der Waals surface area contributed by atoms with Crippen molar-refractivity contribution in [2.24, 2.45) is 9.98 Å². The molecule has 0 radical (unpaired) electrons. The van der Waals surface area contributed by atoms with Crippen LogP contribution in [0.5, 0.6) is 0 Å². The van der Waals surface area contributed by atoms with Gasteiger partial charge in [-0.05, 0) is 46.6 Å². The molecule has 4 N–H and O–H groups in total. The van der Waals surface area contributed by atoms with Crippen molar-refractivity contribution in [2.45, 2.75) is 0 Å². The SMILES string of the molecule is C1=CC2=C(c3ccccc3)C3=CC=C([NH2+]3)C(c3ccccc3)=C3C=CC(=N3)C(c3ccccc3)=C3C=CC(=C(c4ccccc4)C1=N2)[NH2+]3.[Zn+2]. The summed E-state index contributed by atoms with van der Waals surface area (Å²) in [7, 11) is 0. The Hall–Kier alpha value is -5.58. The molecule has 8 bridgehead atoms. The average molecular weight is 682 g/mol. The molecular weight excluding hydrogens is 650 g/mol. The van der Waals surface area contributed by atoms with Crippen LogP contribution in [-0.2, 0) is 19.5 Å². The van der Waals surface area contributed by atoms with Crippen molar-refractivity contribution in [2.75, 3.05) is 0 Å². The molecule has 49 heavy (non-hydrogen) atoms. The van der Waals surface area contributed by atoms with Crippen molar-refractivity contribution < 1.29 is 30.1 Å². The van der Waals surface area contributed by atoms with Crippen LogP contribution in [0.3, 0.4) is 0 Å². The Balaban J connectivity index is 0.00000348. The van der Waals surface area contributed by atoms with E-state index in [-0.39, 0.29) is 19.5 Å². The predicted molar refractivity (Wildman–Crippen MR) is 196 cm³/mol. The summed E-state index contributed by atoms with van der Waals surface area (Å²) >= 11 is 0. The molecule has 5 heteroatoms. The van der Waals surface area contributed by atoms with Gasteiger partial charge in [-0.3, -0.25) is 10.6 Å². The third-order valence-corrected chi connectivity index (χ3v) is 9.22. The number of rotatable bonds is 4. The first-order chi connectivity index (χ1) is 23.8. The van der Waals surface area contributed by atoms with Gasteiger partial charge < -0.3 is 0 Å². The number of aliphatic imine (C=N–C) groups is 2. The minimum absolute atomic E-state index is 0. The second-order valence-electron chi connectivity index (χ2n) is 12.2. The van der Waals surface area contributed by atoms with Gasteiger partial charge in [0.05, 0.1) is 45.1 Å². The summed E-state index contributed by atoms with van der Waals surface area (Å²) in [5.74, 6) is 0. The molecule has 0 saturated heterocycles. The van der Waals surface area contributed by atoms with Crippen LogP contribution in [0.1, 0.15) is 22.3 Å². The maximum absolute atomic E-state index is 5.39. The van der Waals surface area contributed by atoms with Gasteiger partial charge in [0, 0.05) is 24.3 Å². The zero-order chi connectivity index (χ0) is 31.9. The normalized spacial score (nSPS) is 17.8. The summed E-state index contributed by atoms with van der Waals surface area (Å²) in [6.07, 6.45) is 17.6. The van der Waals surface area contributed by atoms with Crippen LogP contribution in [0, 0.1) is 0 Å². The van der Waals surface area contributed by atoms with Gasteiger partial charge in [-0.25, -0.2) is 9.98 Å². The van der Waals surface area contributed by atoms with Gasteiger partial charge in [-0.2, -0.15) is 0 Å². The van der Waals surface area contributed by atoms with Crippen LogP contribution in [0.2, 0.25) is 0 Å². The van der Waals surface area contributed by atoms with E-state index in [1.54, 1.807) is 0 Å². The van der Waals surface area contributed by atoms with Crippen molar-refractivity contribution in [3.05, 3.63) is 226 Å². The zero-order valence-electron chi connectivity index (χ0n) is 26.9. The fourth-order valence-corrected chi connectivity index (χ4v) is 7.06. The van der Waals surface area contributed by atoms with E-state index in [4.69, 9.17) is 9.98 Å². The van der Waals surface area contributed by atoms with Gasteiger partial charge in [0.2, 0.25) is 0 Å². The number of quaternary nitrogens is 2. The molecule has 0 atom stereocenters. The van der Waals surface area contributed by atoms with Crippen LogP contribution < -0.4 is 10.6 Å². The molecular formula is C44H32N4Zn+4. The van der Waals surface area contributed by atoms with E-state index >= 15 is 0 Å². The largest absolute Gasteiger partial charge is 2.00 e. The summed E-state index contributed by atoms with van der Waals surface area (Å²) in [5.41, 5.74) is 17.3. The third kappa shape index (κ3) is 5.69. The van der Waals surface area contributed by atoms with Gasteiger partial charge in [0.15, 0.2) is 0 Å². The molecule has 9 rings (SSSR count). The first-order valence-electron chi connectivity index (χ1n) is 16.3. The average Bonchev–Trinajstić information content (AvgIpc) is 3.98. The minimum atomic E-state index is 0. The van der Waals surface area contributed by atoms with Gasteiger partial charge in [-0.1, -0.05) is 121 Å². The number of nitrogens with two attached hydrogens (primary N) is 2. The Morgan fingerprint density at radius 3 is 1.06 bits per heavy atom. The molecule has 0 aliphatic carbocycles. The quantitative estimate of drug-likeness (QED) is 0.215. The van der Waals surface area contributed by atoms with E-state index in [0.29, 0.717) is 0 Å². The predicted octanol–water partition coefficient (Wildman–Crippen LogP) is 7.14. The molecule has 5 heterocycles. The van der Waals surface area contributed by atoms with E-state index in [0.717, 1.165) is 90.2 Å². The first kappa shape index (κ1) is 30.7. The fraction of sp³-hybridized carbons (Fsp3) is 0. The van der Waals surface area contributed by atoms with Gasteiger partial charge in [0.25, 0.3) is 0 Å². The molecule has 0 saturated carbocycles. The summed E-state index contributed by atoms with van der Waals surface area (Å²) in [4.78, 5) is 10.8. The molecule has 0 unspecified atom stereocenters.